The maximum atomic E-state index is 5.87. The van der Waals surface area contributed by atoms with Gasteiger partial charge in [-0.2, -0.15) is 0 Å². The fraction of sp³-hybridized carbons (Fsp3) is 0.0625. The molecule has 3 aromatic rings. The molecule has 0 amide bonds. The summed E-state index contributed by atoms with van der Waals surface area (Å²) < 4.78 is 5.76. The van der Waals surface area contributed by atoms with Crippen LogP contribution in [0.3, 0.4) is 0 Å². The molecule has 0 radical (unpaired) electrons. The van der Waals surface area contributed by atoms with Crippen LogP contribution in [0.1, 0.15) is 5.89 Å². The lowest BCUT2D eigenvalue weighted by Crippen LogP contribution is -1.83. The van der Waals surface area contributed by atoms with E-state index in [1.807, 2.05) is 48.5 Å². The maximum Gasteiger partial charge on any atom is 0.205 e. The average Bonchev–Trinajstić information content (AvgIpc) is 2.96. The molecule has 0 atom stereocenters. The van der Waals surface area contributed by atoms with E-state index in [4.69, 9.17) is 21.8 Å². The predicted octanol–water partition coefficient (Wildman–Crippen LogP) is 4.87. The van der Waals surface area contributed by atoms with Gasteiger partial charge in [0.05, 0.1) is 11.9 Å². The van der Waals surface area contributed by atoms with Crippen LogP contribution in [0.4, 0.5) is 5.69 Å². The summed E-state index contributed by atoms with van der Waals surface area (Å²) in [6, 6.07) is 15.3. The van der Waals surface area contributed by atoms with Gasteiger partial charge in [-0.15, -0.1) is 11.8 Å². The van der Waals surface area contributed by atoms with Crippen molar-refractivity contribution in [3.8, 4) is 11.3 Å². The average molecular weight is 317 g/mol. The summed E-state index contributed by atoms with van der Waals surface area (Å²) in [4.78, 5) is 5.44. The molecule has 3 rings (SSSR count). The van der Waals surface area contributed by atoms with Crippen LogP contribution in [0.5, 0.6) is 0 Å². The fourth-order valence-electron chi connectivity index (χ4n) is 1.83. The van der Waals surface area contributed by atoms with Gasteiger partial charge in [-0.25, -0.2) is 4.98 Å². The lowest BCUT2D eigenvalue weighted by Gasteiger charge is -1.99. The van der Waals surface area contributed by atoms with E-state index in [0.29, 0.717) is 16.7 Å². The molecule has 5 heteroatoms. The van der Waals surface area contributed by atoms with Crippen molar-refractivity contribution >= 4 is 29.1 Å². The second-order valence-electron chi connectivity index (χ2n) is 4.48. The van der Waals surface area contributed by atoms with Crippen molar-refractivity contribution in [1.29, 1.82) is 0 Å². The monoisotopic (exact) mass is 316 g/mol. The van der Waals surface area contributed by atoms with Crippen molar-refractivity contribution in [3.05, 3.63) is 65.6 Å². The van der Waals surface area contributed by atoms with Crippen molar-refractivity contribution in [2.75, 3.05) is 5.73 Å². The Bertz CT molecular complexity index is 723. The van der Waals surface area contributed by atoms with Gasteiger partial charge in [0.15, 0.2) is 5.76 Å². The topological polar surface area (TPSA) is 52.0 Å². The molecule has 21 heavy (non-hydrogen) atoms. The molecule has 0 aliphatic heterocycles. The summed E-state index contributed by atoms with van der Waals surface area (Å²) in [6.45, 7) is 0. The highest BCUT2D eigenvalue weighted by molar-refractivity contribution is 7.98. The van der Waals surface area contributed by atoms with Crippen molar-refractivity contribution in [2.45, 2.75) is 10.6 Å². The fourth-order valence-corrected chi connectivity index (χ4v) is 2.71. The second-order valence-corrected chi connectivity index (χ2v) is 5.97. The van der Waals surface area contributed by atoms with Crippen LogP contribution in [-0.4, -0.2) is 4.98 Å². The number of nitrogens with zero attached hydrogens (tertiary/aromatic N) is 1. The van der Waals surface area contributed by atoms with Crippen molar-refractivity contribution in [3.63, 3.8) is 0 Å². The van der Waals surface area contributed by atoms with E-state index >= 15 is 0 Å². The van der Waals surface area contributed by atoms with Gasteiger partial charge in [0, 0.05) is 21.2 Å². The number of hydrogen-bond acceptors (Lipinski definition) is 4. The van der Waals surface area contributed by atoms with E-state index in [9.17, 15) is 0 Å². The highest BCUT2D eigenvalue weighted by Gasteiger charge is 2.07. The summed E-state index contributed by atoms with van der Waals surface area (Å²) in [6.07, 6.45) is 1.74. The molecule has 2 N–H and O–H groups in total. The first-order valence-electron chi connectivity index (χ1n) is 6.40. The van der Waals surface area contributed by atoms with Crippen LogP contribution in [-0.2, 0) is 5.75 Å². The van der Waals surface area contributed by atoms with Crippen molar-refractivity contribution in [1.82, 2.24) is 4.98 Å². The van der Waals surface area contributed by atoms with E-state index in [0.717, 1.165) is 21.9 Å². The first-order valence-corrected chi connectivity index (χ1v) is 7.76. The highest BCUT2D eigenvalue weighted by Crippen LogP contribution is 2.27. The molecular formula is C16H13ClN2OS. The zero-order valence-corrected chi connectivity index (χ0v) is 12.7. The number of nitrogens with two attached hydrogens (primary N) is 1. The van der Waals surface area contributed by atoms with Gasteiger partial charge in [-0.3, -0.25) is 0 Å². The molecule has 0 aliphatic carbocycles. The van der Waals surface area contributed by atoms with Gasteiger partial charge in [0.25, 0.3) is 0 Å². The molecule has 0 bridgehead atoms. The number of hydrogen-bond donors (Lipinski definition) is 1. The number of aromatic nitrogens is 1. The Morgan fingerprint density at radius 3 is 2.48 bits per heavy atom. The standard InChI is InChI=1S/C16H13ClN2OS/c17-12-3-1-11(2-4-12)15-9-19-16(20-15)10-21-14-7-5-13(18)6-8-14/h1-9H,10,18H2. The molecule has 3 nitrogen and oxygen atoms in total. The van der Waals surface area contributed by atoms with Gasteiger partial charge in [-0.1, -0.05) is 11.6 Å². The summed E-state index contributed by atoms with van der Waals surface area (Å²) >= 11 is 7.53. The lowest BCUT2D eigenvalue weighted by atomic mass is 10.2. The van der Waals surface area contributed by atoms with Crippen LogP contribution in [0, 0.1) is 0 Å². The minimum absolute atomic E-state index is 0.678. The SMILES string of the molecule is Nc1ccc(SCc2ncc(-c3ccc(Cl)cc3)o2)cc1. The third-order valence-corrected chi connectivity index (χ3v) is 4.17. The summed E-state index contributed by atoms with van der Waals surface area (Å²) in [5.74, 6) is 2.12. The molecule has 0 fully saturated rings. The molecule has 0 unspecified atom stereocenters. The van der Waals surface area contributed by atoms with Gasteiger partial charge in [-0.05, 0) is 48.5 Å². The van der Waals surface area contributed by atoms with Gasteiger partial charge < -0.3 is 10.2 Å². The second kappa shape index (κ2) is 6.24. The quantitative estimate of drug-likeness (QED) is 0.551. The molecule has 106 valence electrons. The van der Waals surface area contributed by atoms with Gasteiger partial charge >= 0.3 is 0 Å². The zero-order valence-electron chi connectivity index (χ0n) is 11.1. The van der Waals surface area contributed by atoms with Crippen molar-refractivity contribution < 1.29 is 4.42 Å². The Balaban J connectivity index is 1.67. The van der Waals surface area contributed by atoms with Gasteiger partial charge in [0.1, 0.15) is 0 Å². The summed E-state index contributed by atoms with van der Waals surface area (Å²) in [5, 5.41) is 0.706. The lowest BCUT2D eigenvalue weighted by molar-refractivity contribution is 0.530. The maximum absolute atomic E-state index is 5.87. The van der Waals surface area contributed by atoms with Gasteiger partial charge in [0.2, 0.25) is 5.89 Å². The zero-order chi connectivity index (χ0) is 14.7. The number of halogens is 1. The first-order chi connectivity index (χ1) is 10.2. The van der Waals surface area contributed by atoms with Crippen LogP contribution >= 0.6 is 23.4 Å². The van der Waals surface area contributed by atoms with Crippen LogP contribution in [0.15, 0.2) is 64.0 Å². The Labute approximate surface area is 132 Å². The summed E-state index contributed by atoms with van der Waals surface area (Å²) in [5.41, 5.74) is 7.40. The van der Waals surface area contributed by atoms with Crippen LogP contribution in [0.25, 0.3) is 11.3 Å². The normalized spacial score (nSPS) is 10.7. The van der Waals surface area contributed by atoms with Crippen molar-refractivity contribution in [2.24, 2.45) is 0 Å². The molecular weight excluding hydrogens is 304 g/mol. The molecule has 1 heterocycles. The first kappa shape index (κ1) is 14.0. The minimum Gasteiger partial charge on any atom is -0.440 e. The Morgan fingerprint density at radius 2 is 1.76 bits per heavy atom. The largest absolute Gasteiger partial charge is 0.440 e. The third-order valence-electron chi connectivity index (χ3n) is 2.92. The smallest absolute Gasteiger partial charge is 0.205 e. The highest BCUT2D eigenvalue weighted by atomic mass is 35.5. The van der Waals surface area contributed by atoms with E-state index in [1.165, 1.54) is 0 Å². The molecule has 0 saturated carbocycles. The molecule has 0 spiro atoms. The van der Waals surface area contributed by atoms with E-state index < -0.39 is 0 Å². The molecule has 1 aromatic heterocycles. The Morgan fingerprint density at radius 1 is 1.05 bits per heavy atom. The van der Waals surface area contributed by atoms with E-state index in [2.05, 4.69) is 4.98 Å². The molecule has 0 aliphatic rings. The predicted molar refractivity (Wildman–Crippen MR) is 87.4 cm³/mol. The van der Waals surface area contributed by atoms with Crippen LogP contribution in [0.2, 0.25) is 5.02 Å². The number of rotatable bonds is 4. The molecule has 2 aromatic carbocycles. The Kier molecular flexibility index (Phi) is 4.18. The Hall–Kier alpha value is -1.91. The summed E-state index contributed by atoms with van der Waals surface area (Å²) in [7, 11) is 0. The van der Waals surface area contributed by atoms with E-state index in [1.54, 1.807) is 18.0 Å². The van der Waals surface area contributed by atoms with E-state index in [-0.39, 0.29) is 0 Å². The minimum atomic E-state index is 0.678. The number of thioether (sulfide) groups is 1. The number of anilines is 1. The number of oxazole rings is 1. The number of nitrogen functional groups attached to an aromatic ring is 1. The third kappa shape index (κ3) is 3.60. The molecule has 0 saturated heterocycles. The number of benzene rings is 2. The van der Waals surface area contributed by atoms with Crippen LogP contribution < -0.4 is 5.73 Å².